The molecule has 0 aliphatic heterocycles. The van der Waals surface area contributed by atoms with Crippen molar-refractivity contribution in [2.45, 2.75) is 39.2 Å². The minimum Gasteiger partial charge on any atom is -0.396 e. The zero-order chi connectivity index (χ0) is 11.5. The van der Waals surface area contributed by atoms with Crippen LogP contribution in [0.2, 0.25) is 0 Å². The van der Waals surface area contributed by atoms with Crippen LogP contribution in [0, 0.1) is 11.8 Å². The summed E-state index contributed by atoms with van der Waals surface area (Å²) in [5.74, 6) is 1.03. The molecule has 1 fully saturated rings. The summed E-state index contributed by atoms with van der Waals surface area (Å²) >= 11 is 0. The van der Waals surface area contributed by atoms with Crippen LogP contribution in [-0.4, -0.2) is 31.9 Å². The Labute approximate surface area is 92.1 Å². The highest BCUT2D eigenvalue weighted by atomic mass is 32.2. The van der Waals surface area contributed by atoms with Crippen molar-refractivity contribution in [2.24, 2.45) is 11.8 Å². The molecule has 1 rings (SSSR count). The van der Waals surface area contributed by atoms with E-state index in [2.05, 4.69) is 18.6 Å². The smallest absolute Gasteiger partial charge is 0.211 e. The second-order valence-corrected chi connectivity index (χ2v) is 6.41. The van der Waals surface area contributed by atoms with E-state index in [1.165, 1.54) is 0 Å². The summed E-state index contributed by atoms with van der Waals surface area (Å²) in [6.45, 7) is 4.18. The van der Waals surface area contributed by atoms with E-state index >= 15 is 0 Å². The van der Waals surface area contributed by atoms with Crippen LogP contribution in [-0.2, 0) is 10.0 Å². The maximum Gasteiger partial charge on any atom is 0.211 e. The third-order valence-corrected chi connectivity index (χ3v) is 4.86. The van der Waals surface area contributed by atoms with E-state index in [1.54, 1.807) is 0 Å². The van der Waals surface area contributed by atoms with Gasteiger partial charge < -0.3 is 5.11 Å². The maximum atomic E-state index is 11.6. The summed E-state index contributed by atoms with van der Waals surface area (Å²) in [6, 6.07) is 0.0868. The molecule has 3 unspecified atom stereocenters. The molecule has 0 spiro atoms. The minimum atomic E-state index is -3.19. The number of rotatable bonds is 5. The molecule has 1 aliphatic carbocycles. The first-order valence-electron chi connectivity index (χ1n) is 5.57. The van der Waals surface area contributed by atoms with Crippen LogP contribution in [0.25, 0.3) is 0 Å². The van der Waals surface area contributed by atoms with Gasteiger partial charge in [-0.05, 0) is 31.1 Å². The molecular weight excluding hydrogens is 214 g/mol. The first-order chi connectivity index (χ1) is 6.96. The molecule has 0 aromatic heterocycles. The van der Waals surface area contributed by atoms with Crippen molar-refractivity contribution < 1.29 is 13.5 Å². The van der Waals surface area contributed by atoms with Gasteiger partial charge in [0.1, 0.15) is 0 Å². The Hall–Kier alpha value is -0.130. The highest BCUT2D eigenvalue weighted by Gasteiger charge is 2.32. The van der Waals surface area contributed by atoms with Gasteiger partial charge in [0.05, 0.1) is 5.75 Å². The Morgan fingerprint density at radius 2 is 2.00 bits per heavy atom. The van der Waals surface area contributed by atoms with Crippen LogP contribution in [0.3, 0.4) is 0 Å². The van der Waals surface area contributed by atoms with Crippen molar-refractivity contribution >= 4 is 10.0 Å². The average molecular weight is 235 g/mol. The first-order valence-corrected chi connectivity index (χ1v) is 7.22. The average Bonchev–Trinajstić information content (AvgIpc) is 2.46. The van der Waals surface area contributed by atoms with Gasteiger partial charge in [0.2, 0.25) is 10.0 Å². The highest BCUT2D eigenvalue weighted by Crippen LogP contribution is 2.31. The lowest BCUT2D eigenvalue weighted by atomic mass is 9.98. The van der Waals surface area contributed by atoms with Crippen molar-refractivity contribution in [3.8, 4) is 0 Å². The van der Waals surface area contributed by atoms with Gasteiger partial charge in [0.25, 0.3) is 0 Å². The predicted molar refractivity (Wildman–Crippen MR) is 60.0 cm³/mol. The van der Waals surface area contributed by atoms with Gasteiger partial charge in [0.15, 0.2) is 0 Å². The van der Waals surface area contributed by atoms with Crippen LogP contribution in [0.4, 0.5) is 0 Å². The van der Waals surface area contributed by atoms with Crippen LogP contribution < -0.4 is 4.72 Å². The van der Waals surface area contributed by atoms with Crippen molar-refractivity contribution in [1.29, 1.82) is 0 Å². The number of sulfonamides is 1. The lowest BCUT2D eigenvalue weighted by molar-refractivity contribution is 0.295. The summed E-state index contributed by atoms with van der Waals surface area (Å²) in [5.41, 5.74) is 0. The molecule has 5 heteroatoms. The molecule has 3 atom stereocenters. The third-order valence-electron chi connectivity index (χ3n) is 3.37. The zero-order valence-corrected chi connectivity index (χ0v) is 10.3. The molecule has 90 valence electrons. The van der Waals surface area contributed by atoms with E-state index in [0.29, 0.717) is 18.3 Å². The lowest BCUT2D eigenvalue weighted by Gasteiger charge is -2.19. The third kappa shape index (κ3) is 3.74. The summed E-state index contributed by atoms with van der Waals surface area (Å²) in [6.07, 6.45) is 2.33. The fourth-order valence-electron chi connectivity index (χ4n) is 2.08. The topological polar surface area (TPSA) is 66.4 Å². The van der Waals surface area contributed by atoms with Crippen LogP contribution in [0.5, 0.6) is 0 Å². The molecule has 1 aliphatic rings. The van der Waals surface area contributed by atoms with E-state index in [1.807, 2.05) is 0 Å². The molecule has 1 saturated carbocycles. The summed E-state index contributed by atoms with van der Waals surface area (Å²) in [7, 11) is -3.19. The number of aliphatic hydroxyl groups is 1. The van der Waals surface area contributed by atoms with Gasteiger partial charge in [-0.1, -0.05) is 13.8 Å². The Bertz CT molecular complexity index is 289. The van der Waals surface area contributed by atoms with Crippen molar-refractivity contribution in [3.63, 3.8) is 0 Å². The van der Waals surface area contributed by atoms with E-state index in [-0.39, 0.29) is 18.4 Å². The molecule has 0 heterocycles. The molecule has 0 bridgehead atoms. The van der Waals surface area contributed by atoms with Gasteiger partial charge >= 0.3 is 0 Å². The van der Waals surface area contributed by atoms with Crippen LogP contribution in [0.1, 0.15) is 33.1 Å². The summed E-state index contributed by atoms with van der Waals surface area (Å²) in [4.78, 5) is 0. The fourth-order valence-corrected chi connectivity index (χ4v) is 3.50. The number of aliphatic hydroxyl groups excluding tert-OH is 1. The van der Waals surface area contributed by atoms with Gasteiger partial charge in [0, 0.05) is 12.6 Å². The second-order valence-electron chi connectivity index (χ2n) is 4.53. The maximum absolute atomic E-state index is 11.6. The highest BCUT2D eigenvalue weighted by molar-refractivity contribution is 7.89. The molecule has 2 N–H and O–H groups in total. The van der Waals surface area contributed by atoms with Crippen molar-refractivity contribution in [3.05, 3.63) is 0 Å². The molecule has 0 aromatic rings. The molecule has 0 aromatic carbocycles. The molecule has 0 radical (unpaired) electrons. The Morgan fingerprint density at radius 1 is 1.33 bits per heavy atom. The van der Waals surface area contributed by atoms with E-state index < -0.39 is 10.0 Å². The van der Waals surface area contributed by atoms with Gasteiger partial charge in [-0.15, -0.1) is 0 Å². The molecule has 0 amide bonds. The zero-order valence-electron chi connectivity index (χ0n) is 9.44. The quantitative estimate of drug-likeness (QED) is 0.738. The predicted octanol–water partition coefficient (Wildman–Crippen LogP) is 0.723. The first kappa shape index (κ1) is 12.9. The Balaban J connectivity index is 2.47. The second kappa shape index (κ2) is 5.27. The van der Waals surface area contributed by atoms with Gasteiger partial charge in [-0.3, -0.25) is 0 Å². The number of hydrogen-bond donors (Lipinski definition) is 2. The fraction of sp³-hybridized carbons (Fsp3) is 1.00. The Kier molecular flexibility index (Phi) is 4.55. The monoisotopic (exact) mass is 235 g/mol. The summed E-state index contributed by atoms with van der Waals surface area (Å²) in [5, 5.41) is 8.59. The SMILES string of the molecule is CC1CCC(NS(=O)(=O)CCCO)C1C. The Morgan fingerprint density at radius 3 is 2.47 bits per heavy atom. The van der Waals surface area contributed by atoms with Gasteiger partial charge in [-0.2, -0.15) is 0 Å². The minimum absolute atomic E-state index is 0.0289. The number of hydrogen-bond acceptors (Lipinski definition) is 3. The van der Waals surface area contributed by atoms with Crippen LogP contribution >= 0.6 is 0 Å². The van der Waals surface area contributed by atoms with Crippen LogP contribution in [0.15, 0.2) is 0 Å². The van der Waals surface area contributed by atoms with Crippen molar-refractivity contribution in [2.75, 3.05) is 12.4 Å². The number of nitrogens with one attached hydrogen (secondary N) is 1. The molecule has 0 saturated heterocycles. The standard InChI is InChI=1S/C10H21NO3S/c1-8-4-5-10(9(8)2)11-15(13,14)7-3-6-12/h8-12H,3-7H2,1-2H3. The van der Waals surface area contributed by atoms with Gasteiger partial charge in [-0.25, -0.2) is 13.1 Å². The molecular formula is C10H21NO3S. The van der Waals surface area contributed by atoms with Crippen molar-refractivity contribution in [1.82, 2.24) is 4.72 Å². The van der Waals surface area contributed by atoms with E-state index in [9.17, 15) is 8.42 Å². The van der Waals surface area contributed by atoms with E-state index in [4.69, 9.17) is 5.11 Å². The van der Waals surface area contributed by atoms with E-state index in [0.717, 1.165) is 12.8 Å². The largest absolute Gasteiger partial charge is 0.396 e. The lowest BCUT2D eigenvalue weighted by Crippen LogP contribution is -2.38. The molecule has 4 nitrogen and oxygen atoms in total. The summed E-state index contributed by atoms with van der Waals surface area (Å²) < 4.78 is 25.9. The molecule has 15 heavy (non-hydrogen) atoms. The normalized spacial score (nSPS) is 32.1.